The first kappa shape index (κ1) is 14.3. The highest BCUT2D eigenvalue weighted by Crippen LogP contribution is 2.09. The zero-order valence-electron chi connectivity index (χ0n) is 8.35. The lowest BCUT2D eigenvalue weighted by Gasteiger charge is -2.19. The molecule has 0 saturated carbocycles. The minimum Gasteiger partial charge on any atom is -0.460 e. The minimum atomic E-state index is -0.329. The van der Waals surface area contributed by atoms with Crippen molar-refractivity contribution in [3.8, 4) is 0 Å². The third-order valence-electron chi connectivity index (χ3n) is 1.15. The Kier molecular flexibility index (Phi) is 7.50. The van der Waals surface area contributed by atoms with Crippen molar-refractivity contribution >= 4 is 18.4 Å². The lowest BCUT2D eigenvalue weighted by molar-refractivity contribution is -0.154. The van der Waals surface area contributed by atoms with E-state index in [-0.39, 0.29) is 24.0 Å². The maximum Gasteiger partial charge on any atom is 0.306 e. The fraction of sp³-hybridized carbons (Fsp3) is 0.889. The van der Waals surface area contributed by atoms with E-state index in [1.54, 1.807) is 0 Å². The SMILES string of the molecule is CCCCC(=O)OC(C)(C)C.Cl. The molecule has 0 amide bonds. The van der Waals surface area contributed by atoms with Crippen molar-refractivity contribution in [1.82, 2.24) is 0 Å². The second kappa shape index (κ2) is 6.30. The van der Waals surface area contributed by atoms with Crippen LogP contribution in [-0.2, 0) is 9.53 Å². The van der Waals surface area contributed by atoms with Gasteiger partial charge in [-0.2, -0.15) is 0 Å². The second-order valence-corrected chi connectivity index (χ2v) is 3.69. The van der Waals surface area contributed by atoms with Gasteiger partial charge < -0.3 is 4.74 Å². The predicted octanol–water partition coefficient (Wildman–Crippen LogP) is 2.94. The molecule has 0 atom stereocenters. The molecule has 2 nitrogen and oxygen atoms in total. The van der Waals surface area contributed by atoms with Crippen LogP contribution < -0.4 is 0 Å². The van der Waals surface area contributed by atoms with Crippen molar-refractivity contribution in [2.75, 3.05) is 0 Å². The molecule has 0 heterocycles. The Balaban J connectivity index is 0. The molecule has 0 radical (unpaired) electrons. The molecule has 0 spiro atoms. The summed E-state index contributed by atoms with van der Waals surface area (Å²) in [5.41, 5.74) is -0.329. The van der Waals surface area contributed by atoms with Crippen LogP contribution in [0, 0.1) is 0 Å². The van der Waals surface area contributed by atoms with E-state index in [9.17, 15) is 4.79 Å². The summed E-state index contributed by atoms with van der Waals surface area (Å²) in [5.74, 6) is -0.0839. The summed E-state index contributed by atoms with van der Waals surface area (Å²) in [4.78, 5) is 11.0. The van der Waals surface area contributed by atoms with Crippen molar-refractivity contribution in [2.45, 2.75) is 52.6 Å². The van der Waals surface area contributed by atoms with E-state index < -0.39 is 0 Å². The van der Waals surface area contributed by atoms with Crippen molar-refractivity contribution in [2.24, 2.45) is 0 Å². The van der Waals surface area contributed by atoms with Gasteiger partial charge in [-0.1, -0.05) is 13.3 Å². The van der Waals surface area contributed by atoms with Crippen LogP contribution in [0.5, 0.6) is 0 Å². The number of carbonyl (C=O) groups excluding carboxylic acids is 1. The van der Waals surface area contributed by atoms with Gasteiger partial charge in [0, 0.05) is 6.42 Å². The lowest BCUT2D eigenvalue weighted by atomic mass is 10.2. The zero-order chi connectivity index (χ0) is 8.91. The van der Waals surface area contributed by atoms with Crippen LogP contribution in [-0.4, -0.2) is 11.6 Å². The summed E-state index contributed by atoms with van der Waals surface area (Å²) in [6.07, 6.45) is 2.52. The summed E-state index contributed by atoms with van der Waals surface area (Å²) < 4.78 is 5.10. The van der Waals surface area contributed by atoms with Gasteiger partial charge in [0.2, 0.25) is 0 Å². The minimum absolute atomic E-state index is 0. The average Bonchev–Trinajstić information content (AvgIpc) is 1.79. The largest absolute Gasteiger partial charge is 0.460 e. The predicted molar refractivity (Wildman–Crippen MR) is 52.6 cm³/mol. The van der Waals surface area contributed by atoms with Crippen LogP contribution in [0.4, 0.5) is 0 Å². The highest BCUT2D eigenvalue weighted by molar-refractivity contribution is 5.85. The van der Waals surface area contributed by atoms with E-state index in [0.717, 1.165) is 12.8 Å². The van der Waals surface area contributed by atoms with E-state index in [1.165, 1.54) is 0 Å². The number of ether oxygens (including phenoxy) is 1. The third kappa shape index (κ3) is 9.76. The summed E-state index contributed by atoms with van der Waals surface area (Å²) in [6, 6.07) is 0. The lowest BCUT2D eigenvalue weighted by Crippen LogP contribution is -2.23. The molecule has 0 fully saturated rings. The van der Waals surface area contributed by atoms with Crippen LogP contribution in [0.15, 0.2) is 0 Å². The molecule has 0 aromatic rings. The van der Waals surface area contributed by atoms with Gasteiger partial charge in [0.25, 0.3) is 0 Å². The Morgan fingerprint density at radius 2 is 1.83 bits per heavy atom. The Hall–Kier alpha value is -0.240. The standard InChI is InChI=1S/C9H18O2.ClH/c1-5-6-7-8(10)11-9(2,3)4;/h5-7H2,1-4H3;1H. The molecule has 0 rings (SSSR count). The van der Waals surface area contributed by atoms with Crippen LogP contribution >= 0.6 is 12.4 Å². The number of unbranched alkanes of at least 4 members (excludes halogenated alkanes) is 1. The fourth-order valence-corrected chi connectivity index (χ4v) is 0.714. The van der Waals surface area contributed by atoms with Gasteiger partial charge in [0.05, 0.1) is 0 Å². The van der Waals surface area contributed by atoms with E-state index in [0.29, 0.717) is 6.42 Å². The number of halogens is 1. The van der Waals surface area contributed by atoms with Crippen LogP contribution in [0.2, 0.25) is 0 Å². The van der Waals surface area contributed by atoms with Crippen molar-refractivity contribution in [3.05, 3.63) is 0 Å². The zero-order valence-corrected chi connectivity index (χ0v) is 9.16. The van der Waals surface area contributed by atoms with Crippen molar-refractivity contribution in [3.63, 3.8) is 0 Å². The molecule has 0 aliphatic carbocycles. The molecular weight excluding hydrogens is 176 g/mol. The molecule has 12 heavy (non-hydrogen) atoms. The summed E-state index contributed by atoms with van der Waals surface area (Å²) in [7, 11) is 0. The van der Waals surface area contributed by atoms with E-state index in [4.69, 9.17) is 4.74 Å². The Bertz CT molecular complexity index is 127. The first-order valence-corrected chi connectivity index (χ1v) is 4.17. The maximum absolute atomic E-state index is 11.0. The van der Waals surface area contributed by atoms with Gasteiger partial charge >= 0.3 is 5.97 Å². The van der Waals surface area contributed by atoms with Gasteiger partial charge in [-0.3, -0.25) is 4.79 Å². The van der Waals surface area contributed by atoms with Gasteiger partial charge in [-0.25, -0.2) is 0 Å². The number of esters is 1. The van der Waals surface area contributed by atoms with E-state index in [1.807, 2.05) is 20.8 Å². The molecule has 0 N–H and O–H groups in total. The average molecular weight is 195 g/mol. The first-order chi connectivity index (χ1) is 4.95. The Morgan fingerprint density at radius 1 is 1.33 bits per heavy atom. The summed E-state index contributed by atoms with van der Waals surface area (Å²) in [6.45, 7) is 7.72. The molecule has 0 aliphatic heterocycles. The Morgan fingerprint density at radius 3 is 2.17 bits per heavy atom. The van der Waals surface area contributed by atoms with E-state index in [2.05, 4.69) is 6.92 Å². The number of carbonyl (C=O) groups is 1. The van der Waals surface area contributed by atoms with Gasteiger partial charge in [0.15, 0.2) is 0 Å². The molecular formula is C9H19ClO2. The molecule has 3 heteroatoms. The van der Waals surface area contributed by atoms with Gasteiger partial charge in [-0.15, -0.1) is 12.4 Å². The highest BCUT2D eigenvalue weighted by atomic mass is 35.5. The normalized spacial score (nSPS) is 10.3. The van der Waals surface area contributed by atoms with Crippen LogP contribution in [0.25, 0.3) is 0 Å². The van der Waals surface area contributed by atoms with Gasteiger partial charge in [0.1, 0.15) is 5.60 Å². The monoisotopic (exact) mass is 194 g/mol. The topological polar surface area (TPSA) is 26.3 Å². The number of hydrogen-bond acceptors (Lipinski definition) is 2. The number of rotatable bonds is 3. The van der Waals surface area contributed by atoms with Crippen molar-refractivity contribution in [1.29, 1.82) is 0 Å². The second-order valence-electron chi connectivity index (χ2n) is 3.69. The maximum atomic E-state index is 11.0. The molecule has 0 unspecified atom stereocenters. The van der Waals surface area contributed by atoms with E-state index >= 15 is 0 Å². The molecule has 0 aliphatic rings. The van der Waals surface area contributed by atoms with Crippen molar-refractivity contribution < 1.29 is 9.53 Å². The van der Waals surface area contributed by atoms with Crippen LogP contribution in [0.1, 0.15) is 47.0 Å². The summed E-state index contributed by atoms with van der Waals surface area (Å²) >= 11 is 0. The third-order valence-corrected chi connectivity index (χ3v) is 1.15. The Labute approximate surface area is 81.1 Å². The molecule has 0 bridgehead atoms. The molecule has 0 aromatic heterocycles. The molecule has 0 aromatic carbocycles. The van der Waals surface area contributed by atoms with Gasteiger partial charge in [-0.05, 0) is 27.2 Å². The quantitative estimate of drug-likeness (QED) is 0.646. The highest BCUT2D eigenvalue weighted by Gasteiger charge is 2.14. The first-order valence-electron chi connectivity index (χ1n) is 4.17. The number of hydrogen-bond donors (Lipinski definition) is 0. The smallest absolute Gasteiger partial charge is 0.306 e. The molecule has 74 valence electrons. The molecule has 0 saturated heterocycles. The fourth-order valence-electron chi connectivity index (χ4n) is 0.714. The van der Waals surface area contributed by atoms with Crippen LogP contribution in [0.3, 0.4) is 0 Å². The summed E-state index contributed by atoms with van der Waals surface area (Å²) in [5, 5.41) is 0.